The monoisotopic (exact) mass is 403 g/mol. The first-order chi connectivity index (χ1) is 13.0. The average Bonchev–Trinajstić information content (AvgIpc) is 2.99. The van der Waals surface area contributed by atoms with Crippen molar-refractivity contribution in [2.75, 3.05) is 11.9 Å². The van der Waals surface area contributed by atoms with Crippen LogP contribution in [0.5, 0.6) is 0 Å². The summed E-state index contributed by atoms with van der Waals surface area (Å²) in [6.07, 6.45) is 0. The van der Waals surface area contributed by atoms with Crippen LogP contribution in [0.3, 0.4) is 0 Å². The minimum atomic E-state index is -1.10. The Kier molecular flexibility index (Phi) is 4.53. The smallest absolute Gasteiger partial charge is 0.321 e. The van der Waals surface area contributed by atoms with E-state index >= 15 is 0 Å². The number of esters is 1. The number of hydrogen-bond acceptors (Lipinski definition) is 4. The van der Waals surface area contributed by atoms with E-state index in [9.17, 15) is 9.59 Å². The number of fused-ring (bicyclic) bond motifs is 3. The summed E-state index contributed by atoms with van der Waals surface area (Å²) < 4.78 is 6.98. The van der Waals surface area contributed by atoms with Crippen LogP contribution in [0.4, 0.5) is 5.95 Å². The summed E-state index contributed by atoms with van der Waals surface area (Å²) in [6.45, 7) is 1.86. The molecule has 0 unspecified atom stereocenters. The zero-order valence-corrected chi connectivity index (χ0v) is 15.8. The number of nitrogens with zero attached hydrogens (tertiary/aromatic N) is 2. The van der Waals surface area contributed by atoms with Gasteiger partial charge in [-0.2, -0.15) is 0 Å². The lowest BCUT2D eigenvalue weighted by atomic mass is 9.90. The molecule has 6 nitrogen and oxygen atoms in total. The third kappa shape index (κ3) is 2.95. The standard InChI is InChI=1S/C19H15Cl2N3O3/c1-2-27-18(26)15-16(11-8-7-10(20)9-12(11)21)24-14-6-4-3-5-13(14)22-19(24)23-17(15)25/h3-9,15-16H,2H2,1H3,(H,22,23,25)/t15-,16-/m0/s1. The molecular formula is C19H15Cl2N3O3. The van der Waals surface area contributed by atoms with Gasteiger partial charge in [0.05, 0.1) is 23.7 Å². The highest BCUT2D eigenvalue weighted by Gasteiger charge is 2.44. The van der Waals surface area contributed by atoms with Gasteiger partial charge in [-0.3, -0.25) is 14.9 Å². The van der Waals surface area contributed by atoms with Gasteiger partial charge in [0.1, 0.15) is 0 Å². The number of benzene rings is 2. The summed E-state index contributed by atoms with van der Waals surface area (Å²) in [5, 5.41) is 3.54. The molecule has 0 aliphatic carbocycles. The molecule has 2 atom stereocenters. The van der Waals surface area contributed by atoms with Crippen LogP contribution in [0, 0.1) is 5.92 Å². The van der Waals surface area contributed by atoms with Gasteiger partial charge >= 0.3 is 5.97 Å². The highest BCUT2D eigenvalue weighted by Crippen LogP contribution is 2.41. The first-order valence-electron chi connectivity index (χ1n) is 8.40. The van der Waals surface area contributed by atoms with E-state index in [0.29, 0.717) is 27.1 Å². The maximum absolute atomic E-state index is 12.8. The normalized spacial score (nSPS) is 18.9. The second-order valence-electron chi connectivity index (χ2n) is 6.12. The Bertz CT molecular complexity index is 1060. The van der Waals surface area contributed by atoms with E-state index in [0.717, 1.165) is 5.52 Å². The van der Waals surface area contributed by atoms with Crippen molar-refractivity contribution in [3.8, 4) is 0 Å². The van der Waals surface area contributed by atoms with Crippen LogP contribution < -0.4 is 5.32 Å². The van der Waals surface area contributed by atoms with Crippen molar-refractivity contribution in [2.24, 2.45) is 5.92 Å². The lowest BCUT2D eigenvalue weighted by Gasteiger charge is -2.32. The summed E-state index contributed by atoms with van der Waals surface area (Å²) in [5.74, 6) is -1.84. The fourth-order valence-corrected chi connectivity index (χ4v) is 3.94. The first kappa shape index (κ1) is 17.8. The van der Waals surface area contributed by atoms with E-state index < -0.39 is 23.8 Å². The number of halogens is 2. The SMILES string of the molecule is CCOC(=O)[C@@H]1C(=O)Nc2nc3ccccc3n2[C@H]1c1ccc(Cl)cc1Cl. The molecule has 2 aromatic carbocycles. The number of carbonyl (C=O) groups excluding carboxylic acids is 2. The highest BCUT2D eigenvalue weighted by atomic mass is 35.5. The second kappa shape index (κ2) is 6.87. The fraction of sp³-hybridized carbons (Fsp3) is 0.211. The molecule has 2 heterocycles. The van der Waals surface area contributed by atoms with Gasteiger partial charge in [-0.25, -0.2) is 4.98 Å². The molecule has 4 rings (SSSR count). The lowest BCUT2D eigenvalue weighted by molar-refractivity contribution is -0.152. The Morgan fingerprint density at radius 3 is 2.78 bits per heavy atom. The van der Waals surface area contributed by atoms with Crippen molar-refractivity contribution in [3.63, 3.8) is 0 Å². The summed E-state index contributed by atoms with van der Waals surface area (Å²) in [6, 6.07) is 11.7. The molecule has 1 amide bonds. The van der Waals surface area contributed by atoms with E-state index in [1.165, 1.54) is 0 Å². The average molecular weight is 404 g/mol. The van der Waals surface area contributed by atoms with Crippen molar-refractivity contribution >= 4 is 52.1 Å². The Labute approximate surface area is 165 Å². The summed E-state index contributed by atoms with van der Waals surface area (Å²) in [5.41, 5.74) is 2.07. The Morgan fingerprint density at radius 1 is 1.26 bits per heavy atom. The zero-order valence-electron chi connectivity index (χ0n) is 14.3. The van der Waals surface area contributed by atoms with E-state index in [-0.39, 0.29) is 6.61 Å². The molecule has 0 radical (unpaired) electrons. The van der Waals surface area contributed by atoms with Gasteiger partial charge in [-0.1, -0.05) is 41.4 Å². The molecule has 1 aliphatic heterocycles. The number of ether oxygens (including phenoxy) is 1. The van der Waals surface area contributed by atoms with Crippen LogP contribution in [0.25, 0.3) is 11.0 Å². The van der Waals surface area contributed by atoms with Crippen LogP contribution in [0.2, 0.25) is 10.0 Å². The van der Waals surface area contributed by atoms with E-state index in [1.807, 2.05) is 28.8 Å². The van der Waals surface area contributed by atoms with Crippen LogP contribution in [-0.4, -0.2) is 28.0 Å². The molecule has 3 aromatic rings. The van der Waals surface area contributed by atoms with E-state index in [2.05, 4.69) is 10.3 Å². The number of para-hydroxylation sites is 2. The number of hydrogen-bond donors (Lipinski definition) is 1. The van der Waals surface area contributed by atoms with Gasteiger partial charge in [0.2, 0.25) is 11.9 Å². The van der Waals surface area contributed by atoms with Gasteiger partial charge in [0.25, 0.3) is 0 Å². The van der Waals surface area contributed by atoms with Crippen LogP contribution in [-0.2, 0) is 14.3 Å². The molecule has 0 spiro atoms. The maximum Gasteiger partial charge on any atom is 0.321 e. The number of imidazole rings is 1. The van der Waals surface area contributed by atoms with Crippen LogP contribution in [0.1, 0.15) is 18.5 Å². The number of amides is 1. The molecule has 0 saturated heterocycles. The van der Waals surface area contributed by atoms with E-state index in [4.69, 9.17) is 27.9 Å². The molecule has 27 heavy (non-hydrogen) atoms. The number of rotatable bonds is 3. The molecule has 1 aromatic heterocycles. The summed E-state index contributed by atoms with van der Waals surface area (Å²) >= 11 is 12.5. The second-order valence-corrected chi connectivity index (χ2v) is 6.97. The van der Waals surface area contributed by atoms with Gasteiger partial charge in [-0.15, -0.1) is 0 Å². The molecule has 0 bridgehead atoms. The van der Waals surface area contributed by atoms with Crippen molar-refractivity contribution < 1.29 is 14.3 Å². The Morgan fingerprint density at radius 2 is 2.04 bits per heavy atom. The van der Waals surface area contributed by atoms with Crippen molar-refractivity contribution in [3.05, 3.63) is 58.1 Å². The number of anilines is 1. The Balaban J connectivity index is 1.99. The van der Waals surface area contributed by atoms with Gasteiger partial charge in [0.15, 0.2) is 5.92 Å². The number of carbonyl (C=O) groups is 2. The van der Waals surface area contributed by atoms with E-state index in [1.54, 1.807) is 25.1 Å². The molecule has 1 N–H and O–H groups in total. The molecule has 1 aliphatic rings. The molecule has 0 fully saturated rings. The lowest BCUT2D eigenvalue weighted by Crippen LogP contribution is -2.43. The minimum absolute atomic E-state index is 0.168. The topological polar surface area (TPSA) is 73.2 Å². The number of aromatic nitrogens is 2. The summed E-state index contributed by atoms with van der Waals surface area (Å²) in [7, 11) is 0. The van der Waals surface area contributed by atoms with Crippen LogP contribution >= 0.6 is 23.2 Å². The zero-order chi connectivity index (χ0) is 19.1. The van der Waals surface area contributed by atoms with Gasteiger partial charge in [-0.05, 0) is 36.8 Å². The number of nitrogens with one attached hydrogen (secondary N) is 1. The quantitative estimate of drug-likeness (QED) is 0.528. The highest BCUT2D eigenvalue weighted by molar-refractivity contribution is 6.35. The third-order valence-electron chi connectivity index (χ3n) is 4.53. The van der Waals surface area contributed by atoms with Crippen molar-refractivity contribution in [2.45, 2.75) is 13.0 Å². The maximum atomic E-state index is 12.8. The van der Waals surface area contributed by atoms with Gasteiger partial charge < -0.3 is 9.30 Å². The molecular weight excluding hydrogens is 389 g/mol. The predicted molar refractivity (Wildman–Crippen MR) is 103 cm³/mol. The predicted octanol–water partition coefficient (Wildman–Crippen LogP) is 4.06. The Hall–Kier alpha value is -2.57. The first-order valence-corrected chi connectivity index (χ1v) is 9.16. The van der Waals surface area contributed by atoms with Gasteiger partial charge in [0, 0.05) is 10.0 Å². The minimum Gasteiger partial charge on any atom is -0.465 e. The van der Waals surface area contributed by atoms with Crippen molar-refractivity contribution in [1.82, 2.24) is 9.55 Å². The molecule has 8 heteroatoms. The summed E-state index contributed by atoms with van der Waals surface area (Å²) in [4.78, 5) is 29.9. The fourth-order valence-electron chi connectivity index (χ4n) is 3.42. The molecule has 0 saturated carbocycles. The third-order valence-corrected chi connectivity index (χ3v) is 5.09. The van der Waals surface area contributed by atoms with Crippen LogP contribution in [0.15, 0.2) is 42.5 Å². The largest absolute Gasteiger partial charge is 0.465 e. The molecule has 138 valence electrons. The van der Waals surface area contributed by atoms with Crippen molar-refractivity contribution in [1.29, 1.82) is 0 Å².